The lowest BCUT2D eigenvalue weighted by atomic mass is 10.2. The molecule has 0 aliphatic rings. The third-order valence-electron chi connectivity index (χ3n) is 2.64. The second kappa shape index (κ2) is 5.68. The Morgan fingerprint density at radius 2 is 2.25 bits per heavy atom. The van der Waals surface area contributed by atoms with Crippen molar-refractivity contribution in [2.75, 3.05) is 7.11 Å². The van der Waals surface area contributed by atoms with Gasteiger partial charge in [-0.3, -0.25) is 0 Å². The van der Waals surface area contributed by atoms with Crippen molar-refractivity contribution in [1.29, 1.82) is 0 Å². The van der Waals surface area contributed by atoms with Gasteiger partial charge in [0, 0.05) is 31.1 Å². The fourth-order valence-electron chi connectivity index (χ4n) is 1.74. The Morgan fingerprint density at radius 1 is 1.50 bits per heavy atom. The van der Waals surface area contributed by atoms with Crippen molar-refractivity contribution in [3.8, 4) is 0 Å². The standard InChI is InChI=1S/C12H13F3N2O3/c1-19-7-10-4-9(16-20-10)6-17-3-2-8(5-17)11(18)12(13,14)15/h2-5,11,18H,6-7H2,1H3. The minimum Gasteiger partial charge on any atom is -0.379 e. The van der Waals surface area contributed by atoms with Gasteiger partial charge in [-0.1, -0.05) is 5.16 Å². The van der Waals surface area contributed by atoms with Crippen molar-refractivity contribution < 1.29 is 27.5 Å². The second-order valence-electron chi connectivity index (χ2n) is 4.28. The van der Waals surface area contributed by atoms with E-state index in [0.717, 1.165) is 0 Å². The lowest BCUT2D eigenvalue weighted by Crippen LogP contribution is -2.19. The molecule has 0 saturated carbocycles. The minimum absolute atomic E-state index is 0.210. The average Bonchev–Trinajstić information content (AvgIpc) is 2.98. The van der Waals surface area contributed by atoms with Crippen molar-refractivity contribution in [2.45, 2.75) is 25.4 Å². The number of aromatic nitrogens is 2. The zero-order chi connectivity index (χ0) is 14.8. The lowest BCUT2D eigenvalue weighted by molar-refractivity contribution is -0.206. The Labute approximate surface area is 112 Å². The summed E-state index contributed by atoms with van der Waals surface area (Å²) in [6.07, 6.45) is -4.49. The van der Waals surface area contributed by atoms with Gasteiger partial charge in [0.2, 0.25) is 0 Å². The molecule has 0 bridgehead atoms. The van der Waals surface area contributed by atoms with Crippen LogP contribution in [0, 0.1) is 0 Å². The molecule has 110 valence electrons. The van der Waals surface area contributed by atoms with Gasteiger partial charge in [-0.2, -0.15) is 13.2 Å². The van der Waals surface area contributed by atoms with E-state index in [1.165, 1.54) is 30.1 Å². The van der Waals surface area contributed by atoms with Gasteiger partial charge in [-0.05, 0) is 6.07 Å². The van der Waals surface area contributed by atoms with Gasteiger partial charge in [0.15, 0.2) is 11.9 Å². The molecule has 2 heterocycles. The van der Waals surface area contributed by atoms with Crippen LogP contribution in [0.2, 0.25) is 0 Å². The summed E-state index contributed by atoms with van der Waals surface area (Å²) in [4.78, 5) is 0. The largest absolute Gasteiger partial charge is 0.418 e. The predicted octanol–water partition coefficient (Wildman–Crippen LogP) is 2.27. The first kappa shape index (κ1) is 14.6. The maximum atomic E-state index is 12.4. The molecule has 0 spiro atoms. The van der Waals surface area contributed by atoms with E-state index in [-0.39, 0.29) is 18.7 Å². The summed E-state index contributed by atoms with van der Waals surface area (Å²) < 4.78 is 48.4. The number of nitrogens with zero attached hydrogens (tertiary/aromatic N) is 2. The van der Waals surface area contributed by atoms with Crippen LogP contribution >= 0.6 is 0 Å². The third kappa shape index (κ3) is 3.40. The summed E-state index contributed by atoms with van der Waals surface area (Å²) >= 11 is 0. The zero-order valence-electron chi connectivity index (χ0n) is 10.6. The molecule has 2 aromatic heterocycles. The van der Waals surface area contributed by atoms with Crippen LogP contribution in [0.25, 0.3) is 0 Å². The van der Waals surface area contributed by atoms with Crippen molar-refractivity contribution in [2.24, 2.45) is 0 Å². The summed E-state index contributed by atoms with van der Waals surface area (Å²) in [6, 6.07) is 2.87. The van der Waals surface area contributed by atoms with Crippen molar-refractivity contribution >= 4 is 0 Å². The first-order valence-corrected chi connectivity index (χ1v) is 5.74. The van der Waals surface area contributed by atoms with Gasteiger partial charge >= 0.3 is 6.18 Å². The number of rotatable bonds is 5. The number of methoxy groups -OCH3 is 1. The second-order valence-corrected chi connectivity index (χ2v) is 4.28. The van der Waals surface area contributed by atoms with Crippen LogP contribution in [-0.2, 0) is 17.9 Å². The van der Waals surface area contributed by atoms with Gasteiger partial charge in [0.05, 0.1) is 6.54 Å². The lowest BCUT2D eigenvalue weighted by Gasteiger charge is -2.12. The van der Waals surface area contributed by atoms with Gasteiger partial charge in [-0.25, -0.2) is 0 Å². The van der Waals surface area contributed by atoms with E-state index in [1.807, 2.05) is 0 Å². The van der Waals surface area contributed by atoms with E-state index in [4.69, 9.17) is 14.4 Å². The topological polar surface area (TPSA) is 60.4 Å². The van der Waals surface area contributed by atoms with Crippen LogP contribution < -0.4 is 0 Å². The fourth-order valence-corrected chi connectivity index (χ4v) is 1.74. The Bertz CT molecular complexity index is 562. The number of halogens is 3. The highest BCUT2D eigenvalue weighted by atomic mass is 19.4. The van der Waals surface area contributed by atoms with E-state index < -0.39 is 12.3 Å². The number of hydrogen-bond donors (Lipinski definition) is 1. The average molecular weight is 290 g/mol. The van der Waals surface area contributed by atoms with Crippen molar-refractivity contribution in [3.05, 3.63) is 41.5 Å². The van der Waals surface area contributed by atoms with E-state index >= 15 is 0 Å². The summed E-state index contributed by atoms with van der Waals surface area (Å²) in [5.41, 5.74) is 0.346. The molecule has 0 saturated heterocycles. The van der Waals surface area contributed by atoms with Crippen LogP contribution in [0.5, 0.6) is 0 Å². The van der Waals surface area contributed by atoms with E-state index in [9.17, 15) is 13.2 Å². The number of aliphatic hydroxyl groups excluding tert-OH is 1. The van der Waals surface area contributed by atoms with Gasteiger partial charge in [-0.15, -0.1) is 0 Å². The van der Waals surface area contributed by atoms with Gasteiger partial charge in [0.25, 0.3) is 0 Å². The maximum Gasteiger partial charge on any atom is 0.418 e. The Balaban J connectivity index is 2.05. The molecule has 20 heavy (non-hydrogen) atoms. The molecule has 0 amide bonds. The highest BCUT2D eigenvalue weighted by Crippen LogP contribution is 2.32. The molecular weight excluding hydrogens is 277 g/mol. The molecule has 1 atom stereocenters. The molecule has 0 radical (unpaired) electrons. The highest BCUT2D eigenvalue weighted by molar-refractivity contribution is 5.16. The molecule has 0 fully saturated rings. The molecule has 1 N–H and O–H groups in total. The number of hydrogen-bond acceptors (Lipinski definition) is 4. The van der Waals surface area contributed by atoms with Crippen molar-refractivity contribution in [1.82, 2.24) is 9.72 Å². The molecule has 0 aromatic carbocycles. The predicted molar refractivity (Wildman–Crippen MR) is 61.8 cm³/mol. The van der Waals surface area contributed by atoms with E-state index in [2.05, 4.69) is 5.16 Å². The van der Waals surface area contributed by atoms with Gasteiger partial charge in [0.1, 0.15) is 12.3 Å². The fraction of sp³-hybridized carbons (Fsp3) is 0.417. The quantitative estimate of drug-likeness (QED) is 0.917. The summed E-state index contributed by atoms with van der Waals surface area (Å²) in [7, 11) is 1.51. The van der Waals surface area contributed by atoms with E-state index in [0.29, 0.717) is 11.5 Å². The molecule has 2 aromatic rings. The molecule has 0 aliphatic heterocycles. The van der Waals surface area contributed by atoms with Crippen LogP contribution in [-0.4, -0.2) is 28.1 Å². The van der Waals surface area contributed by atoms with Crippen molar-refractivity contribution in [3.63, 3.8) is 0 Å². The molecule has 8 heteroatoms. The first-order chi connectivity index (χ1) is 9.40. The Morgan fingerprint density at radius 3 is 2.90 bits per heavy atom. The first-order valence-electron chi connectivity index (χ1n) is 5.74. The molecule has 5 nitrogen and oxygen atoms in total. The van der Waals surface area contributed by atoms with Crippen LogP contribution in [0.1, 0.15) is 23.1 Å². The smallest absolute Gasteiger partial charge is 0.379 e. The molecule has 1 unspecified atom stereocenters. The maximum absolute atomic E-state index is 12.4. The SMILES string of the molecule is COCc1cc(Cn2ccc(C(O)C(F)(F)F)c2)no1. The monoisotopic (exact) mass is 290 g/mol. The van der Waals surface area contributed by atoms with Gasteiger partial charge < -0.3 is 18.9 Å². The highest BCUT2D eigenvalue weighted by Gasteiger charge is 2.39. The van der Waals surface area contributed by atoms with E-state index in [1.54, 1.807) is 6.07 Å². The number of aliphatic hydroxyl groups is 1. The summed E-state index contributed by atoms with van der Waals surface area (Å²) in [5.74, 6) is 0.533. The minimum atomic E-state index is -4.67. The number of alkyl halides is 3. The Kier molecular flexibility index (Phi) is 4.15. The Hall–Kier alpha value is -1.80. The molecular formula is C12H13F3N2O3. The summed E-state index contributed by atoms with van der Waals surface area (Å²) in [6.45, 7) is 0.522. The van der Waals surface area contributed by atoms with Crippen LogP contribution in [0.15, 0.2) is 29.0 Å². The number of ether oxygens (including phenoxy) is 1. The zero-order valence-corrected chi connectivity index (χ0v) is 10.6. The van der Waals surface area contributed by atoms with Crippen LogP contribution in [0.4, 0.5) is 13.2 Å². The normalized spacial score (nSPS) is 13.7. The molecule has 2 rings (SSSR count). The molecule has 0 aliphatic carbocycles. The van der Waals surface area contributed by atoms with Crippen LogP contribution in [0.3, 0.4) is 0 Å². The summed E-state index contributed by atoms with van der Waals surface area (Å²) in [5, 5.41) is 12.9. The third-order valence-corrected chi connectivity index (χ3v) is 2.64.